The van der Waals surface area contributed by atoms with Gasteiger partial charge in [-0.05, 0) is 24.6 Å². The minimum atomic E-state index is -0.281. The van der Waals surface area contributed by atoms with Crippen molar-refractivity contribution in [2.75, 3.05) is 24.5 Å². The van der Waals surface area contributed by atoms with E-state index >= 15 is 0 Å². The fraction of sp³-hybridized carbons (Fsp3) is 0.500. The summed E-state index contributed by atoms with van der Waals surface area (Å²) in [6.07, 6.45) is 1.06. The molecular weight excluding hydrogens is 227 g/mol. The Kier molecular flexibility index (Phi) is 3.66. The van der Waals surface area contributed by atoms with Gasteiger partial charge in [-0.25, -0.2) is 4.39 Å². The van der Waals surface area contributed by atoms with Gasteiger partial charge in [0.1, 0.15) is 5.82 Å². The molecule has 2 rings (SSSR count). The van der Waals surface area contributed by atoms with E-state index in [0.717, 1.165) is 31.7 Å². The molecule has 1 unspecified atom stereocenters. The second kappa shape index (κ2) is 5.02. The molecule has 0 bridgehead atoms. The zero-order chi connectivity index (χ0) is 11.5. The van der Waals surface area contributed by atoms with Crippen LogP contribution in [0.2, 0.25) is 5.02 Å². The summed E-state index contributed by atoms with van der Waals surface area (Å²) in [6.45, 7) is 4.99. The molecule has 1 atom stereocenters. The largest absolute Gasteiger partial charge is 0.365 e. The number of anilines is 1. The van der Waals surface area contributed by atoms with Crippen molar-refractivity contribution in [2.45, 2.75) is 19.4 Å². The molecule has 0 radical (unpaired) electrons. The van der Waals surface area contributed by atoms with Crippen LogP contribution in [0.1, 0.15) is 13.3 Å². The molecule has 88 valence electrons. The van der Waals surface area contributed by atoms with Crippen LogP contribution in [-0.4, -0.2) is 25.7 Å². The number of rotatable bonds is 2. The van der Waals surface area contributed by atoms with Gasteiger partial charge in [-0.2, -0.15) is 0 Å². The molecule has 0 spiro atoms. The van der Waals surface area contributed by atoms with Crippen molar-refractivity contribution in [1.29, 1.82) is 0 Å². The minimum Gasteiger partial charge on any atom is -0.365 e. The van der Waals surface area contributed by atoms with Crippen LogP contribution < -0.4 is 10.2 Å². The second-order valence-corrected chi connectivity index (χ2v) is 4.46. The molecule has 1 aliphatic heterocycles. The topological polar surface area (TPSA) is 15.3 Å². The second-order valence-electron chi connectivity index (χ2n) is 4.06. The lowest BCUT2D eigenvalue weighted by Crippen LogP contribution is -2.51. The van der Waals surface area contributed by atoms with E-state index in [2.05, 4.69) is 17.1 Å². The number of hydrogen-bond acceptors (Lipinski definition) is 2. The number of nitrogens with zero attached hydrogens (tertiary/aromatic N) is 1. The highest BCUT2D eigenvalue weighted by molar-refractivity contribution is 6.33. The number of piperazine rings is 1. The molecule has 4 heteroatoms. The van der Waals surface area contributed by atoms with E-state index in [1.54, 1.807) is 6.07 Å². The van der Waals surface area contributed by atoms with Crippen molar-refractivity contribution in [1.82, 2.24) is 5.32 Å². The van der Waals surface area contributed by atoms with Crippen LogP contribution in [0.5, 0.6) is 0 Å². The first kappa shape index (κ1) is 11.7. The molecular formula is C12H16ClFN2. The van der Waals surface area contributed by atoms with Crippen LogP contribution >= 0.6 is 11.6 Å². The predicted molar refractivity (Wildman–Crippen MR) is 65.7 cm³/mol. The van der Waals surface area contributed by atoms with Crippen LogP contribution in [0, 0.1) is 5.82 Å². The maximum Gasteiger partial charge on any atom is 0.124 e. The molecule has 0 aliphatic carbocycles. The number of halogens is 2. The molecule has 1 fully saturated rings. The SMILES string of the molecule is CCC1CNCCN1c1ccc(F)cc1Cl. The van der Waals surface area contributed by atoms with Gasteiger partial charge in [0.05, 0.1) is 10.7 Å². The fourth-order valence-corrected chi connectivity index (χ4v) is 2.43. The Morgan fingerprint density at radius 3 is 3.06 bits per heavy atom. The highest BCUT2D eigenvalue weighted by Crippen LogP contribution is 2.29. The summed E-state index contributed by atoms with van der Waals surface area (Å²) >= 11 is 6.08. The van der Waals surface area contributed by atoms with Gasteiger partial charge in [0.15, 0.2) is 0 Å². The van der Waals surface area contributed by atoms with E-state index in [4.69, 9.17) is 11.6 Å². The van der Waals surface area contributed by atoms with E-state index in [-0.39, 0.29) is 5.82 Å². The molecule has 16 heavy (non-hydrogen) atoms. The molecule has 1 aliphatic rings. The van der Waals surface area contributed by atoms with Gasteiger partial charge in [0, 0.05) is 25.7 Å². The summed E-state index contributed by atoms with van der Waals surface area (Å²) in [5.41, 5.74) is 0.941. The summed E-state index contributed by atoms with van der Waals surface area (Å²) in [7, 11) is 0. The molecule has 0 saturated carbocycles. The average molecular weight is 243 g/mol. The Morgan fingerprint density at radius 1 is 1.56 bits per heavy atom. The monoisotopic (exact) mass is 242 g/mol. The van der Waals surface area contributed by atoms with Crippen molar-refractivity contribution in [3.63, 3.8) is 0 Å². The summed E-state index contributed by atoms with van der Waals surface area (Å²) in [4.78, 5) is 2.26. The van der Waals surface area contributed by atoms with Crippen LogP contribution in [0.4, 0.5) is 10.1 Å². The van der Waals surface area contributed by atoms with E-state index in [0.29, 0.717) is 11.1 Å². The van der Waals surface area contributed by atoms with Crippen LogP contribution in [-0.2, 0) is 0 Å². The Hall–Kier alpha value is -0.800. The van der Waals surface area contributed by atoms with Crippen LogP contribution in [0.25, 0.3) is 0 Å². The molecule has 0 amide bonds. The van der Waals surface area contributed by atoms with E-state index in [1.807, 2.05) is 0 Å². The molecule has 1 saturated heterocycles. The minimum absolute atomic E-state index is 0.281. The van der Waals surface area contributed by atoms with Crippen molar-refractivity contribution >= 4 is 17.3 Å². The normalized spacial score (nSPS) is 21.2. The lowest BCUT2D eigenvalue weighted by Gasteiger charge is -2.38. The van der Waals surface area contributed by atoms with Crippen LogP contribution in [0.15, 0.2) is 18.2 Å². The highest BCUT2D eigenvalue weighted by Gasteiger charge is 2.22. The van der Waals surface area contributed by atoms with Crippen molar-refractivity contribution < 1.29 is 4.39 Å². The fourth-order valence-electron chi connectivity index (χ4n) is 2.16. The Balaban J connectivity index is 2.27. The quantitative estimate of drug-likeness (QED) is 0.858. The zero-order valence-corrected chi connectivity index (χ0v) is 10.1. The number of hydrogen-bond donors (Lipinski definition) is 1. The third-order valence-electron chi connectivity index (χ3n) is 3.04. The smallest absolute Gasteiger partial charge is 0.124 e. The maximum absolute atomic E-state index is 13.0. The van der Waals surface area contributed by atoms with E-state index in [1.165, 1.54) is 12.1 Å². The Bertz CT molecular complexity index is 370. The lowest BCUT2D eigenvalue weighted by atomic mass is 10.1. The van der Waals surface area contributed by atoms with E-state index in [9.17, 15) is 4.39 Å². The molecule has 2 nitrogen and oxygen atoms in total. The first-order valence-corrected chi connectivity index (χ1v) is 6.02. The van der Waals surface area contributed by atoms with Gasteiger partial charge in [0.2, 0.25) is 0 Å². The molecule has 0 aromatic heterocycles. The van der Waals surface area contributed by atoms with Gasteiger partial charge in [-0.15, -0.1) is 0 Å². The van der Waals surface area contributed by atoms with Crippen LogP contribution in [0.3, 0.4) is 0 Å². The molecule has 1 heterocycles. The predicted octanol–water partition coefficient (Wildman–Crippen LogP) is 2.67. The van der Waals surface area contributed by atoms with Gasteiger partial charge in [-0.1, -0.05) is 18.5 Å². The average Bonchev–Trinajstić information content (AvgIpc) is 2.29. The zero-order valence-electron chi connectivity index (χ0n) is 9.34. The summed E-state index contributed by atoms with van der Waals surface area (Å²) in [6, 6.07) is 5.06. The number of nitrogens with one attached hydrogen (secondary N) is 1. The number of benzene rings is 1. The Morgan fingerprint density at radius 2 is 2.38 bits per heavy atom. The molecule has 1 aromatic carbocycles. The van der Waals surface area contributed by atoms with Gasteiger partial charge in [0.25, 0.3) is 0 Å². The lowest BCUT2D eigenvalue weighted by molar-refractivity contribution is 0.466. The standard InChI is InChI=1S/C12H16ClFN2/c1-2-10-8-15-5-6-16(10)12-4-3-9(14)7-11(12)13/h3-4,7,10,15H,2,5-6,8H2,1H3. The summed E-state index contributed by atoms with van der Waals surface area (Å²) in [5.74, 6) is -0.281. The van der Waals surface area contributed by atoms with Crippen molar-refractivity contribution in [3.05, 3.63) is 29.0 Å². The molecule has 1 aromatic rings. The summed E-state index contributed by atoms with van der Waals surface area (Å²) < 4.78 is 13.0. The van der Waals surface area contributed by atoms with Crippen molar-refractivity contribution in [3.8, 4) is 0 Å². The third kappa shape index (κ3) is 2.30. The van der Waals surface area contributed by atoms with Gasteiger partial charge in [-0.3, -0.25) is 0 Å². The van der Waals surface area contributed by atoms with Gasteiger partial charge >= 0.3 is 0 Å². The first-order valence-electron chi connectivity index (χ1n) is 5.64. The highest BCUT2D eigenvalue weighted by atomic mass is 35.5. The first-order chi connectivity index (χ1) is 7.72. The summed E-state index contributed by atoms with van der Waals surface area (Å²) in [5, 5.41) is 3.86. The van der Waals surface area contributed by atoms with Gasteiger partial charge < -0.3 is 10.2 Å². The van der Waals surface area contributed by atoms with Crippen molar-refractivity contribution in [2.24, 2.45) is 0 Å². The molecule has 1 N–H and O–H groups in total. The maximum atomic E-state index is 13.0. The third-order valence-corrected chi connectivity index (χ3v) is 3.34. The Labute approximate surface area is 100 Å². The van der Waals surface area contributed by atoms with E-state index < -0.39 is 0 Å².